The number of nitrogens with one attached hydrogen (secondary N) is 1. The number of imide groups is 2. The summed E-state index contributed by atoms with van der Waals surface area (Å²) in [6, 6.07) is 21.8. The third kappa shape index (κ3) is 6.40. The van der Waals surface area contributed by atoms with E-state index in [2.05, 4.69) is 36.0 Å². The van der Waals surface area contributed by atoms with E-state index in [1.54, 1.807) is 24.3 Å². The zero-order valence-corrected chi connectivity index (χ0v) is 31.3. The van der Waals surface area contributed by atoms with Crippen LogP contribution in [0.3, 0.4) is 0 Å². The van der Waals surface area contributed by atoms with Crippen molar-refractivity contribution in [2.24, 2.45) is 0 Å². The summed E-state index contributed by atoms with van der Waals surface area (Å²) in [5, 5.41) is 7.27. The van der Waals surface area contributed by atoms with E-state index in [1.165, 1.54) is 6.07 Å². The molecule has 3 aromatic heterocycles. The van der Waals surface area contributed by atoms with E-state index in [1.807, 2.05) is 47.1 Å². The number of piperazine rings is 1. The molecule has 4 saturated heterocycles. The molecule has 0 aliphatic carbocycles. The highest BCUT2D eigenvalue weighted by atomic mass is 19.1. The summed E-state index contributed by atoms with van der Waals surface area (Å²) in [5.41, 5.74) is 4.86. The Balaban J connectivity index is 0.756. The van der Waals surface area contributed by atoms with E-state index in [0.717, 1.165) is 103 Å². The summed E-state index contributed by atoms with van der Waals surface area (Å²) in [5.74, 6) is -0.452. The Hall–Kier alpha value is -6.06. The highest BCUT2D eigenvalue weighted by Crippen LogP contribution is 2.36. The van der Waals surface area contributed by atoms with E-state index in [4.69, 9.17) is 10.1 Å². The molecule has 10 rings (SSSR count). The van der Waals surface area contributed by atoms with Crippen molar-refractivity contribution < 1.29 is 23.6 Å². The molecule has 4 amide bonds. The van der Waals surface area contributed by atoms with Crippen molar-refractivity contribution in [3.05, 3.63) is 107 Å². The number of aromatic nitrogens is 4. The van der Waals surface area contributed by atoms with E-state index in [-0.39, 0.29) is 24.7 Å². The number of nitrogens with zero attached hydrogens (tertiary/aromatic N) is 9. The van der Waals surface area contributed by atoms with E-state index in [0.29, 0.717) is 23.7 Å². The van der Waals surface area contributed by atoms with E-state index >= 15 is 0 Å². The number of pyridine rings is 1. The van der Waals surface area contributed by atoms with Gasteiger partial charge >= 0.3 is 0 Å². The first kappa shape index (κ1) is 35.4. The van der Waals surface area contributed by atoms with Crippen molar-refractivity contribution in [3.63, 3.8) is 0 Å². The first-order chi connectivity index (χ1) is 27.8. The monoisotopic (exact) mass is 768 g/mol. The second kappa shape index (κ2) is 14.2. The Morgan fingerprint density at radius 3 is 2.44 bits per heavy atom. The highest BCUT2D eigenvalue weighted by Gasteiger charge is 2.45. The molecule has 2 unspecified atom stereocenters. The van der Waals surface area contributed by atoms with Crippen LogP contribution >= 0.6 is 0 Å². The first-order valence-corrected chi connectivity index (χ1v) is 19.7. The van der Waals surface area contributed by atoms with Gasteiger partial charge in [-0.15, -0.1) is 5.10 Å². The Morgan fingerprint density at radius 2 is 1.61 bits per heavy atom. The normalized spacial score (nSPS) is 22.1. The Morgan fingerprint density at radius 1 is 0.789 bits per heavy atom. The van der Waals surface area contributed by atoms with Crippen LogP contribution in [-0.4, -0.2) is 116 Å². The van der Waals surface area contributed by atoms with E-state index < -0.39 is 29.7 Å². The average molecular weight is 769 g/mol. The third-order valence-corrected chi connectivity index (χ3v) is 12.1. The number of rotatable bonds is 8. The van der Waals surface area contributed by atoms with Gasteiger partial charge in [-0.05, 0) is 78.9 Å². The predicted octanol–water partition coefficient (Wildman–Crippen LogP) is 3.68. The van der Waals surface area contributed by atoms with Gasteiger partial charge in [0.05, 0.1) is 29.1 Å². The van der Waals surface area contributed by atoms with Gasteiger partial charge in [0.25, 0.3) is 11.8 Å². The SMILES string of the molecule is O=C1CCC(N2C(=O)c3ccc(CN4CC(N5CCN(c6cccc(-c7cnc8ccc(N9CCCC9c9cccc(F)c9)nn78)n6)CC5)C4)cc3C2=O)C(=O)N1. The van der Waals surface area contributed by atoms with Crippen molar-refractivity contribution in [2.45, 2.75) is 50.4 Å². The Kier molecular flexibility index (Phi) is 8.78. The van der Waals surface area contributed by atoms with Crippen LogP contribution in [0.1, 0.15) is 63.6 Å². The van der Waals surface area contributed by atoms with Crippen molar-refractivity contribution >= 4 is 40.9 Å². The fourth-order valence-electron chi connectivity index (χ4n) is 9.13. The second-order valence-electron chi connectivity index (χ2n) is 15.6. The second-order valence-corrected chi connectivity index (χ2v) is 15.6. The molecule has 57 heavy (non-hydrogen) atoms. The van der Waals surface area contributed by atoms with Crippen LogP contribution in [0, 0.1) is 5.82 Å². The van der Waals surface area contributed by atoms with Gasteiger partial charge in [-0.3, -0.25) is 39.2 Å². The summed E-state index contributed by atoms with van der Waals surface area (Å²) in [7, 11) is 0. The van der Waals surface area contributed by atoms with Crippen LogP contribution in [0.15, 0.2) is 79.0 Å². The largest absolute Gasteiger partial charge is 0.354 e. The summed E-state index contributed by atoms with van der Waals surface area (Å²) in [6.45, 7) is 6.85. The zero-order valence-electron chi connectivity index (χ0n) is 31.3. The van der Waals surface area contributed by atoms with Crippen molar-refractivity contribution in [2.75, 3.05) is 55.6 Å². The molecule has 5 aliphatic rings. The molecule has 0 spiro atoms. The highest BCUT2D eigenvalue weighted by molar-refractivity contribution is 6.23. The third-order valence-electron chi connectivity index (χ3n) is 12.1. The van der Waals surface area contributed by atoms with Crippen LogP contribution in [0.5, 0.6) is 0 Å². The lowest BCUT2D eigenvalue weighted by atomic mass is 10.0. The number of benzene rings is 2. The summed E-state index contributed by atoms with van der Waals surface area (Å²) in [6.07, 6.45) is 4.00. The van der Waals surface area contributed by atoms with Crippen LogP contribution in [-0.2, 0) is 16.1 Å². The molecule has 1 N–H and O–H groups in total. The molecule has 2 atom stereocenters. The number of fused-ring (bicyclic) bond motifs is 2. The molecule has 5 aliphatic heterocycles. The molecular formula is C42H41FN10O4. The number of anilines is 2. The van der Waals surface area contributed by atoms with Crippen molar-refractivity contribution in [1.82, 2.24) is 39.6 Å². The van der Waals surface area contributed by atoms with Gasteiger partial charge in [0.2, 0.25) is 11.8 Å². The maximum Gasteiger partial charge on any atom is 0.262 e. The molecule has 15 heteroatoms. The minimum absolute atomic E-state index is 0.0621. The number of hydrogen-bond donors (Lipinski definition) is 1. The lowest BCUT2D eigenvalue weighted by molar-refractivity contribution is -0.136. The first-order valence-electron chi connectivity index (χ1n) is 19.7. The van der Waals surface area contributed by atoms with Gasteiger partial charge in [0.15, 0.2) is 5.65 Å². The lowest BCUT2D eigenvalue weighted by Crippen LogP contribution is -2.62. The van der Waals surface area contributed by atoms with Crippen molar-refractivity contribution in [3.8, 4) is 11.4 Å². The average Bonchev–Trinajstić information content (AvgIpc) is 3.93. The minimum atomic E-state index is -0.970. The number of carbonyl (C=O) groups excluding carboxylic acids is 4. The van der Waals surface area contributed by atoms with Gasteiger partial charge in [0, 0.05) is 64.8 Å². The van der Waals surface area contributed by atoms with Crippen molar-refractivity contribution in [1.29, 1.82) is 0 Å². The molecule has 5 aromatic rings. The molecule has 0 bridgehead atoms. The number of imidazole rings is 1. The van der Waals surface area contributed by atoms with Gasteiger partial charge in [0.1, 0.15) is 29.2 Å². The smallest absolute Gasteiger partial charge is 0.262 e. The molecule has 290 valence electrons. The molecule has 0 saturated carbocycles. The summed E-state index contributed by atoms with van der Waals surface area (Å²) in [4.78, 5) is 70.6. The minimum Gasteiger partial charge on any atom is -0.354 e. The van der Waals surface area contributed by atoms with Gasteiger partial charge in [-0.2, -0.15) is 0 Å². The number of halogens is 1. The molecular weight excluding hydrogens is 728 g/mol. The van der Waals surface area contributed by atoms with Gasteiger partial charge in [-0.25, -0.2) is 18.9 Å². The standard InChI is InChI=1S/C42H41FN10O4/c43-28-5-1-4-27(21-28)33-7-3-15-51(33)38-13-12-36-44-22-35(53(36)47-38)32-6-2-8-37(45-32)50-18-16-49(17-19-50)29-24-48(25-29)23-26-9-10-30-31(20-26)42(57)52(41(30)56)34-11-14-39(54)46-40(34)55/h1-2,4-6,8-10,12-13,20-22,29,33-34H,3,7,11,14-19,23-25H2,(H,46,54,55). The zero-order chi connectivity index (χ0) is 38.8. The molecule has 0 radical (unpaired) electrons. The number of amides is 4. The van der Waals surface area contributed by atoms with E-state index in [9.17, 15) is 23.6 Å². The number of carbonyl (C=O) groups is 4. The maximum absolute atomic E-state index is 14.1. The fraction of sp³-hybridized carbons (Fsp3) is 0.357. The molecule has 14 nitrogen and oxygen atoms in total. The van der Waals surface area contributed by atoms with Crippen LogP contribution in [0.2, 0.25) is 0 Å². The molecule has 8 heterocycles. The Labute approximate surface area is 327 Å². The lowest BCUT2D eigenvalue weighted by Gasteiger charge is -2.48. The van der Waals surface area contributed by atoms with Crippen LogP contribution in [0.25, 0.3) is 17.0 Å². The fourth-order valence-corrected chi connectivity index (χ4v) is 9.13. The Bertz CT molecular complexity index is 2440. The van der Waals surface area contributed by atoms with Gasteiger partial charge in [-0.1, -0.05) is 24.3 Å². The topological polar surface area (TPSA) is 140 Å². The quantitative estimate of drug-likeness (QED) is 0.232. The molecule has 4 fully saturated rings. The molecule has 2 aromatic carbocycles. The number of likely N-dealkylation sites (tertiary alicyclic amines) is 1. The summed E-state index contributed by atoms with van der Waals surface area (Å²) < 4.78 is 16.0. The van der Waals surface area contributed by atoms with Crippen LogP contribution < -0.4 is 15.1 Å². The number of piperidine rings is 1. The number of hydrogen-bond acceptors (Lipinski definition) is 11. The predicted molar refractivity (Wildman–Crippen MR) is 208 cm³/mol. The van der Waals surface area contributed by atoms with Crippen LogP contribution in [0.4, 0.5) is 16.0 Å². The maximum atomic E-state index is 14.1. The summed E-state index contributed by atoms with van der Waals surface area (Å²) >= 11 is 0. The van der Waals surface area contributed by atoms with Gasteiger partial charge < -0.3 is 9.80 Å².